The predicted octanol–water partition coefficient (Wildman–Crippen LogP) is 1.75. The Morgan fingerprint density at radius 1 is 1.50 bits per heavy atom. The molecule has 1 fully saturated rings. The first-order chi connectivity index (χ1) is 9.76. The number of aldehydes is 1. The zero-order chi connectivity index (χ0) is 14.4. The van der Waals surface area contributed by atoms with E-state index in [1.165, 1.54) is 0 Å². The van der Waals surface area contributed by atoms with Gasteiger partial charge in [-0.3, -0.25) is 0 Å². The second-order valence-electron chi connectivity index (χ2n) is 4.92. The van der Waals surface area contributed by atoms with Crippen LogP contribution < -0.4 is 5.32 Å². The van der Waals surface area contributed by atoms with E-state index in [1.54, 1.807) is 12.0 Å². The number of hydrogen-bond acceptors (Lipinski definition) is 3. The monoisotopic (exact) mass is 276 g/mol. The van der Waals surface area contributed by atoms with Crippen molar-refractivity contribution in [1.82, 2.24) is 10.2 Å². The van der Waals surface area contributed by atoms with Gasteiger partial charge in [0.1, 0.15) is 12.3 Å². The number of likely N-dealkylation sites (tertiary alicyclic amines) is 1. The van der Waals surface area contributed by atoms with Crippen molar-refractivity contribution < 1.29 is 14.3 Å². The standard InChI is InChI=1S/C15H20N2O3/c1-20-11-13-8-5-9-17(13)15(19)16-14(10-18)12-6-3-2-4-7-12/h2-4,6-7,10,13-14H,5,8-9,11H2,1H3,(H,16,19)/t13-,14-/m0/s1. The van der Waals surface area contributed by atoms with Gasteiger partial charge in [-0.25, -0.2) is 4.79 Å². The molecule has 0 unspecified atom stereocenters. The summed E-state index contributed by atoms with van der Waals surface area (Å²) in [7, 11) is 1.63. The number of carbonyl (C=O) groups excluding carboxylic acids is 2. The van der Waals surface area contributed by atoms with E-state index in [9.17, 15) is 9.59 Å². The van der Waals surface area contributed by atoms with Crippen LogP contribution in [0.1, 0.15) is 24.4 Å². The van der Waals surface area contributed by atoms with Crippen LogP contribution in [0.15, 0.2) is 30.3 Å². The van der Waals surface area contributed by atoms with Gasteiger partial charge in [0.2, 0.25) is 0 Å². The Morgan fingerprint density at radius 2 is 2.25 bits per heavy atom. The number of methoxy groups -OCH3 is 1. The van der Waals surface area contributed by atoms with Gasteiger partial charge in [0.05, 0.1) is 12.6 Å². The van der Waals surface area contributed by atoms with Crippen LogP contribution in [0.5, 0.6) is 0 Å². The molecule has 1 heterocycles. The molecule has 1 aromatic rings. The molecule has 2 amide bonds. The number of hydrogen-bond donors (Lipinski definition) is 1. The van der Waals surface area contributed by atoms with E-state index >= 15 is 0 Å². The summed E-state index contributed by atoms with van der Waals surface area (Å²) in [4.78, 5) is 25.2. The molecule has 0 spiro atoms. The van der Waals surface area contributed by atoms with Crippen molar-refractivity contribution in [3.63, 3.8) is 0 Å². The highest BCUT2D eigenvalue weighted by molar-refractivity contribution is 5.79. The highest BCUT2D eigenvalue weighted by atomic mass is 16.5. The molecule has 0 aromatic heterocycles. The second kappa shape index (κ2) is 7.05. The van der Waals surface area contributed by atoms with E-state index in [0.717, 1.165) is 24.7 Å². The van der Waals surface area contributed by atoms with Gasteiger partial charge in [-0.15, -0.1) is 0 Å². The molecule has 1 aromatic carbocycles. The maximum Gasteiger partial charge on any atom is 0.318 e. The van der Waals surface area contributed by atoms with Crippen molar-refractivity contribution in [2.75, 3.05) is 20.3 Å². The fraction of sp³-hybridized carbons (Fsp3) is 0.467. The van der Waals surface area contributed by atoms with Crippen molar-refractivity contribution >= 4 is 12.3 Å². The third-order valence-corrected chi connectivity index (χ3v) is 3.57. The van der Waals surface area contributed by atoms with E-state index in [4.69, 9.17) is 4.74 Å². The van der Waals surface area contributed by atoms with Gasteiger partial charge in [0.25, 0.3) is 0 Å². The van der Waals surface area contributed by atoms with Gasteiger partial charge in [-0.05, 0) is 18.4 Å². The first kappa shape index (κ1) is 14.5. The molecule has 1 N–H and O–H groups in total. The topological polar surface area (TPSA) is 58.6 Å². The summed E-state index contributed by atoms with van der Waals surface area (Å²) in [6, 6.07) is 8.53. The smallest absolute Gasteiger partial charge is 0.318 e. The Kier molecular flexibility index (Phi) is 5.12. The van der Waals surface area contributed by atoms with E-state index < -0.39 is 6.04 Å². The molecule has 0 aliphatic carbocycles. The van der Waals surface area contributed by atoms with E-state index in [2.05, 4.69) is 5.32 Å². The quantitative estimate of drug-likeness (QED) is 0.833. The normalized spacial score (nSPS) is 19.6. The van der Waals surface area contributed by atoms with Gasteiger partial charge in [-0.2, -0.15) is 0 Å². The van der Waals surface area contributed by atoms with Crippen molar-refractivity contribution in [1.29, 1.82) is 0 Å². The van der Waals surface area contributed by atoms with Crippen LogP contribution in [0.25, 0.3) is 0 Å². The van der Waals surface area contributed by atoms with Crippen LogP contribution in [0, 0.1) is 0 Å². The van der Waals surface area contributed by atoms with Crippen LogP contribution in [-0.2, 0) is 9.53 Å². The van der Waals surface area contributed by atoms with Crippen molar-refractivity contribution in [2.24, 2.45) is 0 Å². The van der Waals surface area contributed by atoms with Crippen LogP contribution >= 0.6 is 0 Å². The van der Waals surface area contributed by atoms with Gasteiger partial charge >= 0.3 is 6.03 Å². The number of benzene rings is 1. The largest absolute Gasteiger partial charge is 0.383 e. The molecule has 0 bridgehead atoms. The highest BCUT2D eigenvalue weighted by Gasteiger charge is 2.29. The minimum Gasteiger partial charge on any atom is -0.383 e. The average molecular weight is 276 g/mol. The molecule has 108 valence electrons. The lowest BCUT2D eigenvalue weighted by atomic mass is 10.1. The first-order valence-electron chi connectivity index (χ1n) is 6.82. The number of nitrogens with one attached hydrogen (secondary N) is 1. The Balaban J connectivity index is 2.00. The first-order valence-corrected chi connectivity index (χ1v) is 6.82. The number of carbonyl (C=O) groups is 2. The van der Waals surface area contributed by atoms with Gasteiger partial charge in [0.15, 0.2) is 0 Å². The summed E-state index contributed by atoms with van der Waals surface area (Å²) >= 11 is 0. The molecule has 5 nitrogen and oxygen atoms in total. The summed E-state index contributed by atoms with van der Waals surface area (Å²) in [6.07, 6.45) is 2.67. The molecule has 2 atom stereocenters. The Bertz CT molecular complexity index is 450. The molecular formula is C15H20N2O3. The average Bonchev–Trinajstić information content (AvgIpc) is 2.94. The summed E-state index contributed by atoms with van der Waals surface area (Å²) in [6.45, 7) is 1.24. The minimum absolute atomic E-state index is 0.100. The highest BCUT2D eigenvalue weighted by Crippen LogP contribution is 2.19. The molecule has 20 heavy (non-hydrogen) atoms. The van der Waals surface area contributed by atoms with Crippen molar-refractivity contribution in [2.45, 2.75) is 24.9 Å². The fourth-order valence-electron chi connectivity index (χ4n) is 2.54. The molecule has 0 radical (unpaired) electrons. The molecule has 1 aliphatic rings. The minimum atomic E-state index is -0.604. The van der Waals surface area contributed by atoms with Crippen LogP contribution in [-0.4, -0.2) is 43.5 Å². The third-order valence-electron chi connectivity index (χ3n) is 3.57. The summed E-state index contributed by atoms with van der Waals surface area (Å²) in [5.41, 5.74) is 0.790. The molecule has 2 rings (SSSR count). The number of amides is 2. The third kappa shape index (κ3) is 3.36. The fourth-order valence-corrected chi connectivity index (χ4v) is 2.54. The van der Waals surface area contributed by atoms with Crippen LogP contribution in [0.2, 0.25) is 0 Å². The lowest BCUT2D eigenvalue weighted by molar-refractivity contribution is -0.109. The van der Waals surface area contributed by atoms with E-state index in [-0.39, 0.29) is 12.1 Å². The molecule has 0 saturated carbocycles. The lowest BCUT2D eigenvalue weighted by Gasteiger charge is -2.26. The van der Waals surface area contributed by atoms with Crippen LogP contribution in [0.3, 0.4) is 0 Å². The van der Waals surface area contributed by atoms with Gasteiger partial charge in [0, 0.05) is 13.7 Å². The Morgan fingerprint density at radius 3 is 2.90 bits per heavy atom. The Labute approximate surface area is 118 Å². The number of nitrogens with zero attached hydrogens (tertiary/aromatic N) is 1. The summed E-state index contributed by atoms with van der Waals surface area (Å²) in [5.74, 6) is 0. The molecule has 5 heteroatoms. The van der Waals surface area contributed by atoms with Gasteiger partial charge < -0.3 is 19.7 Å². The number of urea groups is 1. The number of ether oxygens (including phenoxy) is 1. The van der Waals surface area contributed by atoms with E-state index in [1.807, 2.05) is 30.3 Å². The van der Waals surface area contributed by atoms with Gasteiger partial charge in [-0.1, -0.05) is 30.3 Å². The Hall–Kier alpha value is -1.88. The van der Waals surface area contributed by atoms with Crippen LogP contribution in [0.4, 0.5) is 4.79 Å². The summed E-state index contributed by atoms with van der Waals surface area (Å²) in [5, 5.41) is 2.78. The van der Waals surface area contributed by atoms with Crippen molar-refractivity contribution in [3.05, 3.63) is 35.9 Å². The molecule has 1 aliphatic heterocycles. The zero-order valence-electron chi connectivity index (χ0n) is 11.6. The maximum atomic E-state index is 12.3. The van der Waals surface area contributed by atoms with Crippen molar-refractivity contribution in [3.8, 4) is 0 Å². The SMILES string of the molecule is COC[C@@H]1CCCN1C(=O)N[C@@H](C=O)c1ccccc1. The van der Waals surface area contributed by atoms with E-state index in [0.29, 0.717) is 13.2 Å². The maximum absolute atomic E-state index is 12.3. The number of rotatable bonds is 5. The lowest BCUT2D eigenvalue weighted by Crippen LogP contribution is -2.45. The predicted molar refractivity (Wildman–Crippen MR) is 75.4 cm³/mol. The second-order valence-corrected chi connectivity index (χ2v) is 4.92. The zero-order valence-corrected chi connectivity index (χ0v) is 11.6. The summed E-state index contributed by atoms with van der Waals surface area (Å²) < 4.78 is 5.13. The molecule has 1 saturated heterocycles. The molecular weight excluding hydrogens is 256 g/mol.